The molecule has 0 bridgehead atoms. The SMILES string of the molecule is CCOc1ccccc1CNC(=NC)NCc1cccc(C(=O)NCC2CCCO2)c1. The van der Waals surface area contributed by atoms with Gasteiger partial charge in [0, 0.05) is 44.4 Å². The quantitative estimate of drug-likeness (QED) is 0.426. The van der Waals surface area contributed by atoms with Gasteiger partial charge in [0.2, 0.25) is 0 Å². The van der Waals surface area contributed by atoms with Gasteiger partial charge in [-0.15, -0.1) is 0 Å². The van der Waals surface area contributed by atoms with Crippen LogP contribution < -0.4 is 20.7 Å². The predicted octanol–water partition coefficient (Wildman–Crippen LogP) is 2.86. The maximum atomic E-state index is 12.5. The van der Waals surface area contributed by atoms with Gasteiger partial charge >= 0.3 is 0 Å². The molecule has 31 heavy (non-hydrogen) atoms. The molecule has 2 aromatic carbocycles. The Bertz CT molecular complexity index is 879. The van der Waals surface area contributed by atoms with E-state index in [1.807, 2.05) is 55.5 Å². The van der Waals surface area contributed by atoms with Crippen molar-refractivity contribution in [2.24, 2.45) is 4.99 Å². The lowest BCUT2D eigenvalue weighted by atomic mass is 10.1. The van der Waals surface area contributed by atoms with Crippen LogP contribution in [0.4, 0.5) is 0 Å². The van der Waals surface area contributed by atoms with Crippen molar-refractivity contribution in [3.05, 3.63) is 65.2 Å². The Kier molecular flexibility index (Phi) is 8.72. The monoisotopic (exact) mass is 424 g/mol. The van der Waals surface area contributed by atoms with Crippen LogP contribution in [0.15, 0.2) is 53.5 Å². The van der Waals surface area contributed by atoms with Crippen LogP contribution in [0, 0.1) is 0 Å². The van der Waals surface area contributed by atoms with Gasteiger partial charge in [-0.25, -0.2) is 0 Å². The largest absolute Gasteiger partial charge is 0.494 e. The Hall–Kier alpha value is -3.06. The number of carbonyl (C=O) groups excluding carboxylic acids is 1. The zero-order valence-corrected chi connectivity index (χ0v) is 18.3. The van der Waals surface area contributed by atoms with E-state index < -0.39 is 0 Å². The van der Waals surface area contributed by atoms with Gasteiger partial charge in [-0.05, 0) is 43.5 Å². The van der Waals surface area contributed by atoms with Crippen LogP contribution >= 0.6 is 0 Å². The standard InChI is InChI=1S/C24H32N4O3/c1-3-30-22-12-5-4-9-20(22)16-28-24(25-2)27-15-18-8-6-10-19(14-18)23(29)26-17-21-11-7-13-31-21/h4-6,8-10,12,14,21H,3,7,11,13,15-17H2,1-2H3,(H,26,29)(H2,25,27,28). The normalized spacial score (nSPS) is 16.1. The summed E-state index contributed by atoms with van der Waals surface area (Å²) in [7, 11) is 1.73. The molecular formula is C24H32N4O3. The second kappa shape index (κ2) is 12.0. The van der Waals surface area contributed by atoms with Crippen LogP contribution in [0.25, 0.3) is 0 Å². The third-order valence-electron chi connectivity index (χ3n) is 5.11. The van der Waals surface area contributed by atoms with E-state index in [0.717, 1.165) is 36.3 Å². The molecule has 7 heteroatoms. The molecule has 166 valence electrons. The summed E-state index contributed by atoms with van der Waals surface area (Å²) in [6.45, 7) is 5.10. The summed E-state index contributed by atoms with van der Waals surface area (Å²) < 4.78 is 11.2. The maximum Gasteiger partial charge on any atom is 0.251 e. The highest BCUT2D eigenvalue weighted by Crippen LogP contribution is 2.17. The van der Waals surface area contributed by atoms with E-state index >= 15 is 0 Å². The van der Waals surface area contributed by atoms with Gasteiger partial charge < -0.3 is 25.4 Å². The number of hydrogen-bond acceptors (Lipinski definition) is 4. The summed E-state index contributed by atoms with van der Waals surface area (Å²) in [5.74, 6) is 1.47. The van der Waals surface area contributed by atoms with Gasteiger partial charge in [0.25, 0.3) is 5.91 Å². The Labute approximate surface area is 184 Å². The zero-order valence-electron chi connectivity index (χ0n) is 18.3. The van der Waals surface area contributed by atoms with E-state index in [0.29, 0.717) is 37.8 Å². The van der Waals surface area contributed by atoms with E-state index in [2.05, 4.69) is 20.9 Å². The Balaban J connectivity index is 1.50. The second-order valence-electron chi connectivity index (χ2n) is 7.37. The third kappa shape index (κ3) is 7.00. The van der Waals surface area contributed by atoms with Crippen LogP contribution in [0.1, 0.15) is 41.3 Å². The lowest BCUT2D eigenvalue weighted by molar-refractivity contribution is 0.0857. The number of ether oxygens (including phenoxy) is 2. The summed E-state index contributed by atoms with van der Waals surface area (Å²) >= 11 is 0. The van der Waals surface area contributed by atoms with Gasteiger partial charge in [0.15, 0.2) is 5.96 Å². The molecule has 1 amide bonds. The predicted molar refractivity (Wildman–Crippen MR) is 122 cm³/mol. The highest BCUT2D eigenvalue weighted by atomic mass is 16.5. The van der Waals surface area contributed by atoms with Crippen LogP contribution in [0.3, 0.4) is 0 Å². The molecule has 1 aliphatic rings. The van der Waals surface area contributed by atoms with Gasteiger partial charge in [-0.2, -0.15) is 0 Å². The van der Waals surface area contributed by atoms with E-state index in [1.165, 1.54) is 0 Å². The summed E-state index contributed by atoms with van der Waals surface area (Å²) in [6, 6.07) is 15.6. The number of nitrogens with one attached hydrogen (secondary N) is 3. The van der Waals surface area contributed by atoms with Crippen molar-refractivity contribution < 1.29 is 14.3 Å². The molecule has 3 rings (SSSR count). The first kappa shape index (κ1) is 22.6. The Morgan fingerprint density at radius 1 is 1.13 bits per heavy atom. The number of carbonyl (C=O) groups is 1. The number of hydrogen-bond donors (Lipinski definition) is 3. The first-order valence-electron chi connectivity index (χ1n) is 10.8. The number of guanidine groups is 1. The Morgan fingerprint density at radius 3 is 2.74 bits per heavy atom. The number of rotatable bonds is 9. The minimum absolute atomic E-state index is 0.0765. The number of benzene rings is 2. The van der Waals surface area contributed by atoms with Crippen molar-refractivity contribution in [2.45, 2.75) is 39.0 Å². The molecule has 3 N–H and O–H groups in total. The smallest absolute Gasteiger partial charge is 0.251 e. The van der Waals surface area contributed by atoms with Gasteiger partial charge in [0.05, 0.1) is 12.7 Å². The second-order valence-corrected chi connectivity index (χ2v) is 7.37. The fraction of sp³-hybridized carbons (Fsp3) is 0.417. The highest BCUT2D eigenvalue weighted by molar-refractivity contribution is 5.94. The minimum Gasteiger partial charge on any atom is -0.494 e. The molecule has 0 aromatic heterocycles. The van der Waals surface area contributed by atoms with E-state index in [4.69, 9.17) is 9.47 Å². The van der Waals surface area contributed by atoms with Crippen molar-refractivity contribution in [3.8, 4) is 5.75 Å². The average Bonchev–Trinajstić information content (AvgIpc) is 3.33. The third-order valence-corrected chi connectivity index (χ3v) is 5.11. The van der Waals surface area contributed by atoms with E-state index in [9.17, 15) is 4.79 Å². The fourth-order valence-electron chi connectivity index (χ4n) is 3.47. The number of nitrogens with zero attached hydrogens (tertiary/aromatic N) is 1. The number of amides is 1. The molecule has 1 fully saturated rings. The summed E-state index contributed by atoms with van der Waals surface area (Å²) in [5, 5.41) is 9.57. The minimum atomic E-state index is -0.0765. The van der Waals surface area contributed by atoms with Gasteiger partial charge in [-0.3, -0.25) is 9.79 Å². The molecule has 0 saturated carbocycles. The first-order chi connectivity index (χ1) is 15.2. The molecule has 1 aliphatic heterocycles. The zero-order chi connectivity index (χ0) is 21.9. The van der Waals surface area contributed by atoms with Crippen molar-refractivity contribution in [3.63, 3.8) is 0 Å². The molecule has 1 unspecified atom stereocenters. The highest BCUT2D eigenvalue weighted by Gasteiger charge is 2.16. The molecule has 1 atom stereocenters. The molecule has 0 aliphatic carbocycles. The van der Waals surface area contributed by atoms with Crippen molar-refractivity contribution in [2.75, 3.05) is 26.8 Å². The van der Waals surface area contributed by atoms with E-state index in [1.54, 1.807) is 7.05 Å². The summed E-state index contributed by atoms with van der Waals surface area (Å²) in [5.41, 5.74) is 2.71. The molecule has 2 aromatic rings. The molecule has 0 spiro atoms. The first-order valence-corrected chi connectivity index (χ1v) is 10.8. The molecule has 7 nitrogen and oxygen atoms in total. The van der Waals surface area contributed by atoms with Crippen LogP contribution in [-0.2, 0) is 17.8 Å². The topological polar surface area (TPSA) is 84.0 Å². The van der Waals surface area contributed by atoms with E-state index in [-0.39, 0.29) is 12.0 Å². The van der Waals surface area contributed by atoms with Gasteiger partial charge in [0.1, 0.15) is 5.75 Å². The van der Waals surface area contributed by atoms with Crippen LogP contribution in [0.2, 0.25) is 0 Å². The molecule has 1 saturated heterocycles. The summed E-state index contributed by atoms with van der Waals surface area (Å²) in [6.07, 6.45) is 2.20. The molecule has 0 radical (unpaired) electrons. The lowest BCUT2D eigenvalue weighted by Crippen LogP contribution is -2.36. The van der Waals surface area contributed by atoms with Crippen LogP contribution in [0.5, 0.6) is 5.75 Å². The van der Waals surface area contributed by atoms with Crippen molar-refractivity contribution in [1.29, 1.82) is 0 Å². The Morgan fingerprint density at radius 2 is 1.97 bits per heavy atom. The maximum absolute atomic E-state index is 12.5. The summed E-state index contributed by atoms with van der Waals surface area (Å²) in [4.78, 5) is 16.7. The van der Waals surface area contributed by atoms with Crippen molar-refractivity contribution >= 4 is 11.9 Å². The molecular weight excluding hydrogens is 392 g/mol. The fourth-order valence-corrected chi connectivity index (χ4v) is 3.47. The molecule has 1 heterocycles. The number of aliphatic imine (C=N–C) groups is 1. The average molecular weight is 425 g/mol. The lowest BCUT2D eigenvalue weighted by Gasteiger charge is -2.15. The number of para-hydroxylation sites is 1. The van der Waals surface area contributed by atoms with Crippen LogP contribution in [-0.4, -0.2) is 44.8 Å². The van der Waals surface area contributed by atoms with Crippen molar-refractivity contribution in [1.82, 2.24) is 16.0 Å². The van der Waals surface area contributed by atoms with Gasteiger partial charge in [-0.1, -0.05) is 30.3 Å².